The van der Waals surface area contributed by atoms with Crippen LogP contribution in [0.3, 0.4) is 0 Å². The molecule has 0 aromatic carbocycles. The van der Waals surface area contributed by atoms with Gasteiger partial charge in [0.15, 0.2) is 0 Å². The van der Waals surface area contributed by atoms with Crippen LogP contribution in [0.25, 0.3) is 0 Å². The molecule has 4 saturated carbocycles. The molecule has 4 fully saturated rings. The van der Waals surface area contributed by atoms with Crippen molar-refractivity contribution in [3.8, 4) is 0 Å². The number of hydrogen-bond acceptors (Lipinski definition) is 1. The largest absolute Gasteiger partial charge is 0.394 e. The van der Waals surface area contributed by atoms with E-state index in [2.05, 4.69) is 0 Å². The predicted octanol–water partition coefficient (Wildman–Crippen LogP) is 2.62. The zero-order valence-corrected chi connectivity index (χ0v) is 9.52. The molecular formula is C12H16F3NO. The third-order valence-electron chi connectivity index (χ3n) is 5.19. The molecule has 5 heteroatoms. The zero-order chi connectivity index (χ0) is 12.5. The summed E-state index contributed by atoms with van der Waals surface area (Å²) in [7, 11) is 0. The smallest absolute Gasteiger partial charge is 0.369 e. The molecular weight excluding hydrogens is 231 g/mol. The SMILES string of the molecule is NC(=O)C12CC3CC(C1)CC(C(F)(F)F)(C3)C2. The van der Waals surface area contributed by atoms with Gasteiger partial charge in [0.2, 0.25) is 5.91 Å². The van der Waals surface area contributed by atoms with E-state index in [1.165, 1.54) is 0 Å². The van der Waals surface area contributed by atoms with Crippen molar-refractivity contribution >= 4 is 5.91 Å². The van der Waals surface area contributed by atoms with E-state index >= 15 is 0 Å². The van der Waals surface area contributed by atoms with Crippen LogP contribution >= 0.6 is 0 Å². The van der Waals surface area contributed by atoms with Crippen LogP contribution in [0.15, 0.2) is 0 Å². The number of nitrogens with two attached hydrogens (primary N) is 1. The first-order chi connectivity index (χ1) is 7.76. The number of hydrogen-bond donors (Lipinski definition) is 1. The highest BCUT2D eigenvalue weighted by molar-refractivity contribution is 5.81. The van der Waals surface area contributed by atoms with E-state index in [9.17, 15) is 18.0 Å². The summed E-state index contributed by atoms with van der Waals surface area (Å²) in [5.41, 5.74) is 2.91. The Labute approximate surface area is 97.7 Å². The summed E-state index contributed by atoms with van der Waals surface area (Å²) < 4.78 is 39.8. The number of alkyl halides is 3. The standard InChI is InChI=1S/C12H16F3NO/c13-12(14,15)11-4-7-1-8(5-11)3-10(2-7,6-11)9(16)17/h7-8H,1-6H2,(H2,16,17). The molecule has 2 atom stereocenters. The fourth-order valence-corrected chi connectivity index (χ4v) is 4.88. The highest BCUT2D eigenvalue weighted by Gasteiger charge is 2.68. The second kappa shape index (κ2) is 2.98. The molecule has 4 rings (SSSR count). The van der Waals surface area contributed by atoms with Crippen molar-refractivity contribution in [2.24, 2.45) is 28.4 Å². The Morgan fingerprint density at radius 3 is 2.06 bits per heavy atom. The minimum absolute atomic E-state index is 0.0466. The molecule has 2 unspecified atom stereocenters. The molecule has 0 radical (unpaired) electrons. The van der Waals surface area contributed by atoms with Gasteiger partial charge in [-0.15, -0.1) is 0 Å². The van der Waals surface area contributed by atoms with E-state index in [1.807, 2.05) is 0 Å². The molecule has 2 nitrogen and oxygen atoms in total. The minimum Gasteiger partial charge on any atom is -0.369 e. The van der Waals surface area contributed by atoms with Crippen LogP contribution in [0.2, 0.25) is 0 Å². The average molecular weight is 247 g/mol. The Bertz CT molecular complexity index is 362. The second-order valence-corrected chi connectivity index (χ2v) is 6.38. The van der Waals surface area contributed by atoms with E-state index in [0.29, 0.717) is 12.8 Å². The zero-order valence-electron chi connectivity index (χ0n) is 9.52. The highest BCUT2D eigenvalue weighted by Crippen LogP contribution is 2.69. The van der Waals surface area contributed by atoms with E-state index < -0.39 is 22.9 Å². The van der Waals surface area contributed by atoms with Crippen molar-refractivity contribution in [3.05, 3.63) is 0 Å². The van der Waals surface area contributed by atoms with Crippen LogP contribution in [0, 0.1) is 22.7 Å². The van der Waals surface area contributed by atoms with Crippen molar-refractivity contribution in [3.63, 3.8) is 0 Å². The van der Waals surface area contributed by atoms with Gasteiger partial charge in [-0.1, -0.05) is 0 Å². The van der Waals surface area contributed by atoms with Gasteiger partial charge in [0.05, 0.1) is 10.8 Å². The molecule has 1 amide bonds. The monoisotopic (exact) mass is 247 g/mol. The number of primary amides is 1. The quantitative estimate of drug-likeness (QED) is 0.760. The fraction of sp³-hybridized carbons (Fsp3) is 0.917. The minimum atomic E-state index is -4.19. The van der Waals surface area contributed by atoms with Crippen molar-refractivity contribution in [2.45, 2.75) is 44.7 Å². The van der Waals surface area contributed by atoms with Gasteiger partial charge in [-0.3, -0.25) is 4.79 Å². The van der Waals surface area contributed by atoms with Crippen LogP contribution in [-0.2, 0) is 4.79 Å². The predicted molar refractivity (Wildman–Crippen MR) is 54.8 cm³/mol. The topological polar surface area (TPSA) is 43.1 Å². The van der Waals surface area contributed by atoms with Gasteiger partial charge in [0, 0.05) is 0 Å². The van der Waals surface area contributed by atoms with Crippen LogP contribution in [-0.4, -0.2) is 12.1 Å². The molecule has 0 spiro atoms. The summed E-state index contributed by atoms with van der Waals surface area (Å²) in [5, 5.41) is 0. The number of halogens is 3. The summed E-state index contributed by atoms with van der Waals surface area (Å²) in [6.07, 6.45) is -1.82. The number of carbonyl (C=O) groups is 1. The number of carbonyl (C=O) groups excluding carboxylic acids is 1. The molecule has 0 aromatic heterocycles. The van der Waals surface area contributed by atoms with Crippen molar-refractivity contribution < 1.29 is 18.0 Å². The Kier molecular flexibility index (Phi) is 1.99. The van der Waals surface area contributed by atoms with Crippen LogP contribution in [0.1, 0.15) is 38.5 Å². The first-order valence-electron chi connectivity index (χ1n) is 6.13. The lowest BCUT2D eigenvalue weighted by molar-refractivity contribution is -0.283. The molecule has 17 heavy (non-hydrogen) atoms. The summed E-state index contributed by atoms with van der Waals surface area (Å²) in [5.74, 6) is -0.420. The molecule has 2 N–H and O–H groups in total. The maximum Gasteiger partial charge on any atom is 0.394 e. The molecule has 4 bridgehead atoms. The first-order valence-corrected chi connectivity index (χ1v) is 6.13. The van der Waals surface area contributed by atoms with Gasteiger partial charge in [-0.05, 0) is 50.4 Å². The molecule has 0 aliphatic heterocycles. The molecule has 0 saturated heterocycles. The first kappa shape index (κ1) is 11.4. The van der Waals surface area contributed by atoms with E-state index in [-0.39, 0.29) is 31.1 Å². The lowest BCUT2D eigenvalue weighted by atomic mass is 9.43. The lowest BCUT2D eigenvalue weighted by Crippen LogP contribution is -2.60. The van der Waals surface area contributed by atoms with Gasteiger partial charge < -0.3 is 5.73 Å². The van der Waals surface area contributed by atoms with E-state index in [1.54, 1.807) is 0 Å². The Morgan fingerprint density at radius 2 is 1.65 bits per heavy atom. The molecule has 0 heterocycles. The Balaban J connectivity index is 2.03. The van der Waals surface area contributed by atoms with E-state index in [4.69, 9.17) is 5.73 Å². The summed E-state index contributed by atoms with van der Waals surface area (Å²) in [4.78, 5) is 11.6. The van der Waals surface area contributed by atoms with Gasteiger partial charge in [-0.2, -0.15) is 13.2 Å². The van der Waals surface area contributed by atoms with Crippen LogP contribution in [0.4, 0.5) is 13.2 Å². The Morgan fingerprint density at radius 1 is 1.12 bits per heavy atom. The van der Waals surface area contributed by atoms with Crippen molar-refractivity contribution in [1.29, 1.82) is 0 Å². The average Bonchev–Trinajstić information content (AvgIpc) is 2.13. The van der Waals surface area contributed by atoms with Gasteiger partial charge >= 0.3 is 6.18 Å². The molecule has 0 aromatic rings. The third kappa shape index (κ3) is 1.37. The van der Waals surface area contributed by atoms with Gasteiger partial charge in [0.1, 0.15) is 0 Å². The van der Waals surface area contributed by atoms with Gasteiger partial charge in [-0.25, -0.2) is 0 Å². The maximum absolute atomic E-state index is 13.3. The van der Waals surface area contributed by atoms with Gasteiger partial charge in [0.25, 0.3) is 0 Å². The van der Waals surface area contributed by atoms with Crippen LogP contribution in [0.5, 0.6) is 0 Å². The summed E-state index contributed by atoms with van der Waals surface area (Å²) in [6, 6.07) is 0. The normalized spacial score (nSPS) is 48.4. The second-order valence-electron chi connectivity index (χ2n) is 6.38. The molecule has 4 aliphatic carbocycles. The van der Waals surface area contributed by atoms with E-state index in [0.717, 1.165) is 6.42 Å². The molecule has 4 aliphatic rings. The van der Waals surface area contributed by atoms with Crippen LogP contribution < -0.4 is 5.73 Å². The Hall–Kier alpha value is -0.740. The number of rotatable bonds is 1. The summed E-state index contributed by atoms with van der Waals surface area (Å²) in [6.45, 7) is 0. The highest BCUT2D eigenvalue weighted by atomic mass is 19.4. The summed E-state index contributed by atoms with van der Waals surface area (Å²) >= 11 is 0. The third-order valence-corrected chi connectivity index (χ3v) is 5.19. The van der Waals surface area contributed by atoms with Crippen molar-refractivity contribution in [1.82, 2.24) is 0 Å². The molecule has 96 valence electrons. The van der Waals surface area contributed by atoms with Crippen molar-refractivity contribution in [2.75, 3.05) is 0 Å². The number of amides is 1. The lowest BCUT2D eigenvalue weighted by Gasteiger charge is -2.61. The maximum atomic E-state index is 13.3. The fourth-order valence-electron chi connectivity index (χ4n) is 4.88.